The number of nitrogens with zero attached hydrogens (tertiary/aromatic N) is 1. The fourth-order valence-electron chi connectivity index (χ4n) is 3.10. The summed E-state index contributed by atoms with van der Waals surface area (Å²) in [6.45, 7) is 0.640. The standard InChI is InChI=1S/C14H16ClNO3S/c15-7-5-13(17)16-8-1-2-11-12(16)4-3-10-6-9-20(18,19)14(10)11/h3-4H,1-2,5-9H2. The number of hydrogen-bond donors (Lipinski definition) is 0. The molecule has 2 heterocycles. The minimum absolute atomic E-state index is 0.0312. The molecule has 0 saturated heterocycles. The van der Waals surface area contributed by atoms with E-state index in [4.69, 9.17) is 11.6 Å². The van der Waals surface area contributed by atoms with Crippen molar-refractivity contribution in [2.75, 3.05) is 23.1 Å². The zero-order valence-electron chi connectivity index (χ0n) is 11.1. The maximum atomic E-state index is 12.2. The third-order valence-electron chi connectivity index (χ3n) is 3.98. The van der Waals surface area contributed by atoms with Crippen LogP contribution in [0.1, 0.15) is 24.0 Å². The lowest BCUT2D eigenvalue weighted by molar-refractivity contribution is -0.118. The van der Waals surface area contributed by atoms with E-state index in [-0.39, 0.29) is 24.0 Å². The second kappa shape index (κ2) is 5.04. The number of amides is 1. The van der Waals surface area contributed by atoms with Crippen LogP contribution in [0.15, 0.2) is 17.0 Å². The summed E-state index contributed by atoms with van der Waals surface area (Å²) in [6, 6.07) is 3.74. The molecule has 0 bridgehead atoms. The van der Waals surface area contributed by atoms with Crippen molar-refractivity contribution in [2.24, 2.45) is 0 Å². The Hall–Kier alpha value is -1.07. The molecule has 0 unspecified atom stereocenters. The van der Waals surface area contributed by atoms with Crippen LogP contribution in [0.25, 0.3) is 0 Å². The van der Waals surface area contributed by atoms with E-state index < -0.39 is 9.84 Å². The first-order valence-corrected chi connectivity index (χ1v) is 8.97. The van der Waals surface area contributed by atoms with Gasteiger partial charge in [-0.05, 0) is 36.5 Å². The third-order valence-corrected chi connectivity index (χ3v) is 6.04. The Morgan fingerprint density at radius 3 is 2.85 bits per heavy atom. The summed E-state index contributed by atoms with van der Waals surface area (Å²) in [5.74, 6) is 0.443. The Kier molecular flexibility index (Phi) is 3.50. The van der Waals surface area contributed by atoms with E-state index in [1.165, 1.54) is 0 Å². The van der Waals surface area contributed by atoms with Gasteiger partial charge in [0.25, 0.3) is 0 Å². The zero-order chi connectivity index (χ0) is 14.3. The maximum absolute atomic E-state index is 12.2. The van der Waals surface area contributed by atoms with Gasteiger partial charge in [0, 0.05) is 24.5 Å². The molecule has 4 nitrogen and oxygen atoms in total. The second-order valence-corrected chi connectivity index (χ2v) is 7.63. The fourth-order valence-corrected chi connectivity index (χ4v) is 5.11. The van der Waals surface area contributed by atoms with Gasteiger partial charge in [0.05, 0.1) is 10.6 Å². The number of benzene rings is 1. The summed E-state index contributed by atoms with van der Waals surface area (Å²) in [5.41, 5.74) is 2.49. The number of halogens is 1. The van der Waals surface area contributed by atoms with E-state index in [9.17, 15) is 13.2 Å². The van der Waals surface area contributed by atoms with Crippen LogP contribution < -0.4 is 4.90 Å². The molecule has 0 aromatic heterocycles. The zero-order valence-corrected chi connectivity index (χ0v) is 12.6. The molecule has 0 spiro atoms. The van der Waals surface area contributed by atoms with Crippen LogP contribution in [0.2, 0.25) is 0 Å². The number of aryl methyl sites for hydroxylation is 1. The summed E-state index contributed by atoms with van der Waals surface area (Å²) in [5, 5.41) is 0. The number of fused-ring (bicyclic) bond motifs is 3. The van der Waals surface area contributed by atoms with E-state index >= 15 is 0 Å². The molecule has 0 saturated carbocycles. The highest BCUT2D eigenvalue weighted by atomic mass is 35.5. The third kappa shape index (κ3) is 2.13. The van der Waals surface area contributed by atoms with Crippen LogP contribution in [-0.2, 0) is 27.5 Å². The number of rotatable bonds is 2. The van der Waals surface area contributed by atoms with Gasteiger partial charge < -0.3 is 4.90 Å². The summed E-state index contributed by atoms with van der Waals surface area (Å²) >= 11 is 5.64. The molecule has 3 rings (SSSR count). The van der Waals surface area contributed by atoms with Crippen molar-refractivity contribution in [3.8, 4) is 0 Å². The molecule has 0 aliphatic carbocycles. The summed E-state index contributed by atoms with van der Waals surface area (Å²) in [7, 11) is -3.17. The van der Waals surface area contributed by atoms with Crippen molar-refractivity contribution in [2.45, 2.75) is 30.6 Å². The van der Waals surface area contributed by atoms with Crippen LogP contribution in [0, 0.1) is 0 Å². The minimum Gasteiger partial charge on any atom is -0.312 e. The van der Waals surface area contributed by atoms with Gasteiger partial charge in [0.15, 0.2) is 9.84 Å². The highest BCUT2D eigenvalue weighted by molar-refractivity contribution is 7.91. The molecular weight excluding hydrogens is 298 g/mol. The first-order chi connectivity index (χ1) is 9.54. The second-order valence-electron chi connectivity index (χ2n) is 5.21. The molecule has 0 radical (unpaired) electrons. The summed E-state index contributed by atoms with van der Waals surface area (Å²) < 4.78 is 24.4. The van der Waals surface area contributed by atoms with Crippen LogP contribution in [0.3, 0.4) is 0 Å². The monoisotopic (exact) mass is 313 g/mol. The Bertz CT molecular complexity index is 669. The van der Waals surface area contributed by atoms with Crippen molar-refractivity contribution in [1.29, 1.82) is 0 Å². The number of sulfone groups is 1. The molecule has 6 heteroatoms. The van der Waals surface area contributed by atoms with Gasteiger partial charge in [0.2, 0.25) is 5.91 Å². The molecule has 108 valence electrons. The number of anilines is 1. The van der Waals surface area contributed by atoms with Gasteiger partial charge in [-0.1, -0.05) is 6.07 Å². The van der Waals surface area contributed by atoms with Gasteiger partial charge in [-0.2, -0.15) is 0 Å². The van der Waals surface area contributed by atoms with Crippen LogP contribution >= 0.6 is 11.6 Å². The SMILES string of the molecule is O=C(CCCl)N1CCCc2c1ccc1c2S(=O)(=O)CC1. The highest BCUT2D eigenvalue weighted by Crippen LogP contribution is 2.38. The molecule has 0 atom stereocenters. The first-order valence-electron chi connectivity index (χ1n) is 6.78. The lowest BCUT2D eigenvalue weighted by atomic mass is 9.98. The average Bonchev–Trinajstić information content (AvgIpc) is 2.74. The Labute approximate surface area is 123 Å². The smallest absolute Gasteiger partial charge is 0.228 e. The van der Waals surface area contributed by atoms with E-state index in [1.807, 2.05) is 12.1 Å². The Morgan fingerprint density at radius 1 is 1.30 bits per heavy atom. The molecule has 2 aliphatic heterocycles. The fraction of sp³-hybridized carbons (Fsp3) is 0.500. The molecule has 0 fully saturated rings. The Balaban J connectivity index is 2.11. The topological polar surface area (TPSA) is 54.5 Å². The predicted molar refractivity (Wildman–Crippen MR) is 78.2 cm³/mol. The lowest BCUT2D eigenvalue weighted by Crippen LogP contribution is -2.36. The largest absolute Gasteiger partial charge is 0.312 e. The molecule has 1 aromatic rings. The molecule has 2 aliphatic rings. The maximum Gasteiger partial charge on any atom is 0.228 e. The van der Waals surface area contributed by atoms with Crippen molar-refractivity contribution in [3.05, 3.63) is 23.3 Å². The summed E-state index contributed by atoms with van der Waals surface area (Å²) in [4.78, 5) is 14.3. The van der Waals surface area contributed by atoms with Crippen LogP contribution in [-0.4, -0.2) is 32.5 Å². The molecule has 0 N–H and O–H groups in total. The van der Waals surface area contributed by atoms with Gasteiger partial charge in [-0.25, -0.2) is 8.42 Å². The molecule has 1 aromatic carbocycles. The normalized spacial score (nSPS) is 19.6. The minimum atomic E-state index is -3.17. The van der Waals surface area contributed by atoms with E-state index in [1.54, 1.807) is 4.90 Å². The van der Waals surface area contributed by atoms with Gasteiger partial charge in [0.1, 0.15) is 0 Å². The number of carbonyl (C=O) groups excluding carboxylic acids is 1. The molecular formula is C14H16ClNO3S. The van der Waals surface area contributed by atoms with Crippen molar-refractivity contribution < 1.29 is 13.2 Å². The highest BCUT2D eigenvalue weighted by Gasteiger charge is 2.33. The van der Waals surface area contributed by atoms with E-state index in [0.29, 0.717) is 17.9 Å². The number of alkyl halides is 1. The number of hydrogen-bond acceptors (Lipinski definition) is 3. The van der Waals surface area contributed by atoms with Crippen molar-refractivity contribution in [1.82, 2.24) is 0 Å². The summed E-state index contributed by atoms with van der Waals surface area (Å²) in [6.07, 6.45) is 2.39. The molecule has 1 amide bonds. The van der Waals surface area contributed by atoms with Crippen molar-refractivity contribution >= 4 is 33.0 Å². The van der Waals surface area contributed by atoms with Gasteiger partial charge >= 0.3 is 0 Å². The first kappa shape index (κ1) is 13.9. The van der Waals surface area contributed by atoms with Crippen LogP contribution in [0.5, 0.6) is 0 Å². The average molecular weight is 314 g/mol. The van der Waals surface area contributed by atoms with Gasteiger partial charge in [-0.3, -0.25) is 4.79 Å². The van der Waals surface area contributed by atoms with E-state index in [0.717, 1.165) is 29.7 Å². The van der Waals surface area contributed by atoms with Crippen LogP contribution in [0.4, 0.5) is 5.69 Å². The van der Waals surface area contributed by atoms with Crippen molar-refractivity contribution in [3.63, 3.8) is 0 Å². The van der Waals surface area contributed by atoms with E-state index in [2.05, 4.69) is 0 Å². The lowest BCUT2D eigenvalue weighted by Gasteiger charge is -2.30. The quantitative estimate of drug-likeness (QED) is 0.784. The predicted octanol–water partition coefficient (Wildman–Crippen LogP) is 1.92. The Morgan fingerprint density at radius 2 is 2.10 bits per heavy atom. The number of carbonyl (C=O) groups is 1. The molecule has 20 heavy (non-hydrogen) atoms. The van der Waals surface area contributed by atoms with Gasteiger partial charge in [-0.15, -0.1) is 11.6 Å².